The lowest BCUT2D eigenvalue weighted by atomic mass is 9.77. The summed E-state index contributed by atoms with van der Waals surface area (Å²) in [6.07, 6.45) is 1.56. The van der Waals surface area contributed by atoms with Crippen molar-refractivity contribution < 1.29 is 27.5 Å². The number of halogens is 4. The highest BCUT2D eigenvalue weighted by Crippen LogP contribution is 2.35. The average molecular weight is 465 g/mol. The first-order chi connectivity index (χ1) is 15.4. The number of carbonyl (C=O) groups is 1. The van der Waals surface area contributed by atoms with E-state index in [-0.39, 0.29) is 28.4 Å². The molecule has 3 aromatic heterocycles. The number of carbonyl (C=O) groups excluding carboxylic acids is 1. The van der Waals surface area contributed by atoms with Crippen molar-refractivity contribution in [2.24, 2.45) is 5.92 Å². The minimum Gasteiger partial charge on any atom is -0.390 e. The van der Waals surface area contributed by atoms with Gasteiger partial charge in [0, 0.05) is 23.8 Å². The summed E-state index contributed by atoms with van der Waals surface area (Å²) < 4.78 is 55.7. The fourth-order valence-electron chi connectivity index (χ4n) is 4.26. The van der Waals surface area contributed by atoms with Gasteiger partial charge < -0.3 is 10.4 Å². The van der Waals surface area contributed by atoms with Gasteiger partial charge >= 0.3 is 6.18 Å². The molecule has 0 unspecified atom stereocenters. The third-order valence-corrected chi connectivity index (χ3v) is 6.10. The third kappa shape index (κ3) is 4.68. The second kappa shape index (κ2) is 8.36. The van der Waals surface area contributed by atoms with Gasteiger partial charge in [0.15, 0.2) is 17.3 Å². The van der Waals surface area contributed by atoms with Crippen LogP contribution in [-0.2, 0) is 6.18 Å². The summed E-state index contributed by atoms with van der Waals surface area (Å²) in [7, 11) is 0. The molecule has 0 radical (unpaired) electrons. The van der Waals surface area contributed by atoms with Gasteiger partial charge in [-0.3, -0.25) is 9.78 Å². The minimum absolute atomic E-state index is 0.0495. The summed E-state index contributed by atoms with van der Waals surface area (Å²) in [6.45, 7) is 3.53. The van der Waals surface area contributed by atoms with E-state index in [1.165, 1.54) is 6.20 Å². The lowest BCUT2D eigenvalue weighted by molar-refractivity contribution is -0.140. The Morgan fingerprint density at radius 3 is 2.48 bits per heavy atom. The molecule has 3 heterocycles. The number of nitrogens with one attached hydrogen (secondary N) is 1. The summed E-state index contributed by atoms with van der Waals surface area (Å²) in [6, 6.07) is 1.96. The normalized spacial score (nSPS) is 19.6. The molecule has 1 amide bonds. The van der Waals surface area contributed by atoms with Crippen molar-refractivity contribution in [1.29, 1.82) is 0 Å². The van der Waals surface area contributed by atoms with Crippen molar-refractivity contribution in [2.45, 2.75) is 57.3 Å². The first-order valence-corrected chi connectivity index (χ1v) is 10.5. The van der Waals surface area contributed by atoms with Crippen LogP contribution in [-0.4, -0.2) is 42.4 Å². The van der Waals surface area contributed by atoms with Gasteiger partial charge in [-0.15, -0.1) is 0 Å². The molecule has 3 aromatic rings. The molecule has 4 rings (SSSR count). The van der Waals surface area contributed by atoms with Gasteiger partial charge in [0.1, 0.15) is 0 Å². The average Bonchev–Trinajstić information content (AvgIpc) is 3.13. The predicted octanol–water partition coefficient (Wildman–Crippen LogP) is 4.03. The largest absolute Gasteiger partial charge is 0.435 e. The monoisotopic (exact) mass is 465 g/mol. The zero-order valence-corrected chi connectivity index (χ0v) is 18.0. The molecule has 176 valence electrons. The van der Waals surface area contributed by atoms with Crippen molar-refractivity contribution in [3.8, 4) is 5.82 Å². The maximum absolute atomic E-state index is 14.9. The van der Waals surface area contributed by atoms with E-state index in [0.717, 1.165) is 42.0 Å². The Morgan fingerprint density at radius 1 is 1.18 bits per heavy atom. The molecule has 1 aliphatic carbocycles. The highest BCUT2D eigenvalue weighted by molar-refractivity contribution is 5.94. The Bertz CT molecular complexity index is 1180. The zero-order valence-electron chi connectivity index (χ0n) is 18.0. The molecule has 0 aliphatic heterocycles. The van der Waals surface area contributed by atoms with Crippen LogP contribution < -0.4 is 5.32 Å². The second-order valence-electron chi connectivity index (χ2n) is 8.86. The predicted molar refractivity (Wildman–Crippen MR) is 111 cm³/mol. The Labute approximate surface area is 186 Å². The minimum atomic E-state index is -4.74. The van der Waals surface area contributed by atoms with E-state index >= 15 is 0 Å². The molecule has 0 saturated heterocycles. The fourth-order valence-corrected chi connectivity index (χ4v) is 4.26. The van der Waals surface area contributed by atoms with Crippen LogP contribution in [0.5, 0.6) is 0 Å². The van der Waals surface area contributed by atoms with Gasteiger partial charge in [0.2, 0.25) is 0 Å². The first-order valence-electron chi connectivity index (χ1n) is 10.5. The van der Waals surface area contributed by atoms with E-state index in [2.05, 4.69) is 20.4 Å². The standard InChI is InChI=1S/C22H23F4N5O2/c1-21(2,33)13-3-5-14(6-4-13)29-20(32)12-9-16(23)19(28-10-12)31-17-11-27-8-7-15(17)18(30-31)22(24,25)26/h7-11,13-14,33H,3-6H2,1-2H3,(H,29,32). The molecule has 0 aromatic carbocycles. The Balaban J connectivity index is 1.54. The molecule has 7 nitrogen and oxygen atoms in total. The number of pyridine rings is 2. The van der Waals surface area contributed by atoms with Crippen molar-refractivity contribution in [2.75, 3.05) is 0 Å². The van der Waals surface area contributed by atoms with Gasteiger partial charge in [0.05, 0.1) is 22.9 Å². The number of hydrogen-bond donors (Lipinski definition) is 2. The van der Waals surface area contributed by atoms with Gasteiger partial charge in [-0.25, -0.2) is 14.1 Å². The van der Waals surface area contributed by atoms with E-state index < -0.39 is 35.0 Å². The molecular formula is C22H23F4N5O2. The summed E-state index contributed by atoms with van der Waals surface area (Å²) in [5.41, 5.74) is -2.07. The van der Waals surface area contributed by atoms with Crippen LogP contribution in [0.4, 0.5) is 17.6 Å². The summed E-state index contributed by atoms with van der Waals surface area (Å²) in [5, 5.41) is 16.3. The smallest absolute Gasteiger partial charge is 0.390 e. The van der Waals surface area contributed by atoms with Crippen LogP contribution in [0.2, 0.25) is 0 Å². The van der Waals surface area contributed by atoms with Crippen LogP contribution in [0.15, 0.2) is 30.7 Å². The van der Waals surface area contributed by atoms with Crippen molar-refractivity contribution in [3.05, 3.63) is 47.8 Å². The second-order valence-corrected chi connectivity index (χ2v) is 8.86. The molecule has 0 atom stereocenters. The van der Waals surface area contributed by atoms with E-state index in [4.69, 9.17) is 0 Å². The number of alkyl halides is 3. The molecule has 1 aliphatic rings. The van der Waals surface area contributed by atoms with Crippen LogP contribution >= 0.6 is 0 Å². The summed E-state index contributed by atoms with van der Waals surface area (Å²) in [5.74, 6) is -1.84. The van der Waals surface area contributed by atoms with E-state index in [0.29, 0.717) is 12.8 Å². The molecule has 0 bridgehead atoms. The number of aromatic nitrogens is 4. The van der Waals surface area contributed by atoms with Crippen molar-refractivity contribution in [1.82, 2.24) is 25.1 Å². The number of hydrogen-bond acceptors (Lipinski definition) is 5. The lowest BCUT2D eigenvalue weighted by Crippen LogP contribution is -2.41. The van der Waals surface area contributed by atoms with Crippen LogP contribution in [0, 0.1) is 11.7 Å². The third-order valence-electron chi connectivity index (χ3n) is 6.10. The fraction of sp³-hybridized carbons (Fsp3) is 0.455. The van der Waals surface area contributed by atoms with E-state index in [9.17, 15) is 27.5 Å². The quantitative estimate of drug-likeness (QED) is 0.568. The van der Waals surface area contributed by atoms with Crippen molar-refractivity contribution >= 4 is 16.8 Å². The van der Waals surface area contributed by atoms with Gasteiger partial charge in [0.25, 0.3) is 5.91 Å². The maximum atomic E-state index is 14.9. The molecule has 33 heavy (non-hydrogen) atoms. The molecule has 11 heteroatoms. The molecule has 0 spiro atoms. The highest BCUT2D eigenvalue weighted by atomic mass is 19.4. The summed E-state index contributed by atoms with van der Waals surface area (Å²) in [4.78, 5) is 20.3. The maximum Gasteiger partial charge on any atom is 0.435 e. The molecule has 2 N–H and O–H groups in total. The Morgan fingerprint density at radius 2 is 1.88 bits per heavy atom. The van der Waals surface area contributed by atoms with Crippen LogP contribution in [0.3, 0.4) is 0 Å². The molecule has 1 fully saturated rings. The van der Waals surface area contributed by atoms with Gasteiger partial charge in [-0.1, -0.05) is 0 Å². The highest BCUT2D eigenvalue weighted by Gasteiger charge is 2.37. The topological polar surface area (TPSA) is 92.9 Å². The van der Waals surface area contributed by atoms with Crippen LogP contribution in [0.25, 0.3) is 16.7 Å². The van der Waals surface area contributed by atoms with E-state index in [1.54, 1.807) is 13.8 Å². The molecular weight excluding hydrogens is 442 g/mol. The first kappa shape index (κ1) is 23.1. The zero-order chi connectivity index (χ0) is 24.0. The van der Waals surface area contributed by atoms with Crippen LogP contribution in [0.1, 0.15) is 55.6 Å². The van der Waals surface area contributed by atoms with Gasteiger partial charge in [-0.2, -0.15) is 18.3 Å². The SMILES string of the molecule is CC(C)(O)C1CCC(NC(=O)c2cnc(-n3nc(C(F)(F)F)c4ccncc43)c(F)c2)CC1. The van der Waals surface area contributed by atoms with E-state index in [1.807, 2.05) is 0 Å². The Hall–Kier alpha value is -3.08. The van der Waals surface area contributed by atoms with Gasteiger partial charge in [-0.05, 0) is 57.6 Å². The molecule has 1 saturated carbocycles. The Kier molecular flexibility index (Phi) is 5.85. The number of amides is 1. The van der Waals surface area contributed by atoms with Crippen molar-refractivity contribution in [3.63, 3.8) is 0 Å². The number of nitrogens with zero attached hydrogens (tertiary/aromatic N) is 4. The number of rotatable bonds is 4. The summed E-state index contributed by atoms with van der Waals surface area (Å²) >= 11 is 0. The lowest BCUT2D eigenvalue weighted by Gasteiger charge is -2.36. The number of aliphatic hydroxyl groups is 1. The number of fused-ring (bicyclic) bond motifs is 1.